The van der Waals surface area contributed by atoms with Crippen LogP contribution in [0.25, 0.3) is 0 Å². The Bertz CT molecular complexity index is 315. The quantitative estimate of drug-likeness (QED) is 0.434. The first-order valence-corrected chi connectivity index (χ1v) is 5.13. The highest BCUT2D eigenvalue weighted by Gasteiger charge is 2.12. The maximum Gasteiger partial charge on any atom is 0.162 e. The lowest BCUT2D eigenvalue weighted by Crippen LogP contribution is -2.11. The van der Waals surface area contributed by atoms with E-state index in [4.69, 9.17) is 11.5 Å². The molecule has 0 aliphatic heterocycles. The van der Waals surface area contributed by atoms with Crippen molar-refractivity contribution >= 4 is 0 Å². The van der Waals surface area contributed by atoms with Gasteiger partial charge in [0.1, 0.15) is 0 Å². The molecule has 0 fully saturated rings. The Morgan fingerprint density at radius 2 is 1.93 bits per heavy atom. The van der Waals surface area contributed by atoms with Crippen molar-refractivity contribution in [2.24, 2.45) is 11.5 Å². The van der Waals surface area contributed by atoms with E-state index >= 15 is 0 Å². The van der Waals surface area contributed by atoms with Gasteiger partial charge in [-0.25, -0.2) is 0 Å². The Hall–Kier alpha value is -1.26. The fourth-order valence-corrected chi connectivity index (χ4v) is 1.51. The van der Waals surface area contributed by atoms with E-state index in [9.17, 15) is 10.2 Å². The Labute approximate surface area is 89.5 Å². The molecule has 4 heteroatoms. The lowest BCUT2D eigenvalue weighted by Gasteiger charge is -2.13. The topological polar surface area (TPSA) is 92.5 Å². The number of hydrogen-bond donors (Lipinski definition) is 4. The van der Waals surface area contributed by atoms with Gasteiger partial charge in [0.25, 0.3) is 0 Å². The van der Waals surface area contributed by atoms with Crippen LogP contribution in [0, 0.1) is 0 Å². The first-order valence-electron chi connectivity index (χ1n) is 5.13. The molecule has 1 aromatic rings. The van der Waals surface area contributed by atoms with E-state index in [0.29, 0.717) is 12.1 Å². The minimum absolute atomic E-state index is 0.113. The maximum atomic E-state index is 9.57. The molecule has 84 valence electrons. The summed E-state index contributed by atoms with van der Waals surface area (Å²) < 4.78 is 0. The van der Waals surface area contributed by atoms with Gasteiger partial charge in [-0.3, -0.25) is 0 Å². The number of para-hydroxylation sites is 1. The zero-order chi connectivity index (χ0) is 11.3. The van der Waals surface area contributed by atoms with Gasteiger partial charge in [-0.05, 0) is 25.5 Å². The van der Waals surface area contributed by atoms with Gasteiger partial charge in [0.05, 0.1) is 0 Å². The van der Waals surface area contributed by atoms with E-state index in [1.807, 2.05) is 0 Å². The zero-order valence-corrected chi connectivity index (χ0v) is 8.69. The summed E-state index contributed by atoms with van der Waals surface area (Å²) in [6.45, 7) is 0.652. The second kappa shape index (κ2) is 5.58. The number of benzene rings is 1. The molecule has 4 nitrogen and oxygen atoms in total. The van der Waals surface area contributed by atoms with Crippen molar-refractivity contribution in [3.63, 3.8) is 0 Å². The van der Waals surface area contributed by atoms with Crippen LogP contribution in [0.1, 0.15) is 30.9 Å². The van der Waals surface area contributed by atoms with Crippen molar-refractivity contribution in [2.75, 3.05) is 6.54 Å². The largest absolute Gasteiger partial charge is 0.504 e. The SMILES string of the molecule is NCCCC[C@H](N)c1cccc(O)c1O. The molecular formula is C11H18N2O2. The zero-order valence-electron chi connectivity index (χ0n) is 8.69. The second-order valence-corrected chi connectivity index (χ2v) is 3.61. The summed E-state index contributed by atoms with van der Waals surface area (Å²) in [6.07, 6.45) is 2.61. The number of unbranched alkanes of at least 4 members (excludes halogenated alkanes) is 1. The fourth-order valence-electron chi connectivity index (χ4n) is 1.51. The molecule has 0 saturated carbocycles. The van der Waals surface area contributed by atoms with Gasteiger partial charge < -0.3 is 21.7 Å². The number of phenols is 2. The molecule has 0 amide bonds. The maximum absolute atomic E-state index is 9.57. The highest BCUT2D eigenvalue weighted by atomic mass is 16.3. The molecular weight excluding hydrogens is 192 g/mol. The first kappa shape index (κ1) is 11.8. The lowest BCUT2D eigenvalue weighted by atomic mass is 10.0. The van der Waals surface area contributed by atoms with Crippen LogP contribution in [0.4, 0.5) is 0 Å². The van der Waals surface area contributed by atoms with Gasteiger partial charge in [0.15, 0.2) is 11.5 Å². The number of phenolic OH excluding ortho intramolecular Hbond substituents is 2. The summed E-state index contributed by atoms with van der Waals surface area (Å²) in [5.41, 5.74) is 11.9. The van der Waals surface area contributed by atoms with Crippen LogP contribution < -0.4 is 11.5 Å². The molecule has 6 N–H and O–H groups in total. The number of hydrogen-bond acceptors (Lipinski definition) is 4. The predicted octanol–water partition coefficient (Wildman–Crippen LogP) is 1.23. The lowest BCUT2D eigenvalue weighted by molar-refractivity contribution is 0.394. The molecule has 0 aliphatic rings. The van der Waals surface area contributed by atoms with Gasteiger partial charge in [0.2, 0.25) is 0 Å². The molecule has 1 rings (SSSR count). The van der Waals surface area contributed by atoms with Crippen molar-refractivity contribution in [1.82, 2.24) is 0 Å². The minimum atomic E-state index is -0.247. The molecule has 15 heavy (non-hydrogen) atoms. The standard InChI is InChI=1S/C11H18N2O2/c12-7-2-1-5-9(13)8-4-3-6-10(14)11(8)15/h3-4,6,9,14-15H,1-2,5,7,12-13H2/t9-/m0/s1. The predicted molar refractivity (Wildman–Crippen MR) is 59.6 cm³/mol. The van der Waals surface area contributed by atoms with Gasteiger partial charge in [0, 0.05) is 11.6 Å². The van der Waals surface area contributed by atoms with Crippen molar-refractivity contribution in [2.45, 2.75) is 25.3 Å². The Morgan fingerprint density at radius 3 is 2.60 bits per heavy atom. The Kier molecular flexibility index (Phi) is 4.39. The first-order chi connectivity index (χ1) is 7.16. The average molecular weight is 210 g/mol. The molecule has 0 aromatic heterocycles. The molecule has 0 spiro atoms. The van der Waals surface area contributed by atoms with Crippen LogP contribution in [0.15, 0.2) is 18.2 Å². The third-order valence-electron chi connectivity index (χ3n) is 2.41. The molecule has 0 saturated heterocycles. The van der Waals surface area contributed by atoms with E-state index in [-0.39, 0.29) is 17.5 Å². The van der Waals surface area contributed by atoms with E-state index < -0.39 is 0 Å². The van der Waals surface area contributed by atoms with Crippen LogP contribution in [0.3, 0.4) is 0 Å². The monoisotopic (exact) mass is 210 g/mol. The minimum Gasteiger partial charge on any atom is -0.504 e. The molecule has 0 heterocycles. The fraction of sp³-hybridized carbons (Fsp3) is 0.455. The highest BCUT2D eigenvalue weighted by Crippen LogP contribution is 2.33. The number of rotatable bonds is 5. The van der Waals surface area contributed by atoms with Gasteiger partial charge in [-0.15, -0.1) is 0 Å². The van der Waals surface area contributed by atoms with Crippen LogP contribution in [0.5, 0.6) is 11.5 Å². The molecule has 0 radical (unpaired) electrons. The second-order valence-electron chi connectivity index (χ2n) is 3.61. The van der Waals surface area contributed by atoms with Crippen LogP contribution in [0.2, 0.25) is 0 Å². The van der Waals surface area contributed by atoms with Crippen molar-refractivity contribution in [3.8, 4) is 11.5 Å². The van der Waals surface area contributed by atoms with Crippen LogP contribution >= 0.6 is 0 Å². The third-order valence-corrected chi connectivity index (χ3v) is 2.41. The third kappa shape index (κ3) is 3.11. The van der Waals surface area contributed by atoms with Crippen molar-refractivity contribution in [1.29, 1.82) is 0 Å². The summed E-state index contributed by atoms with van der Waals surface area (Å²) in [6, 6.07) is 4.59. The summed E-state index contributed by atoms with van der Waals surface area (Å²) in [7, 11) is 0. The summed E-state index contributed by atoms with van der Waals surface area (Å²) in [5.74, 6) is -0.237. The molecule has 1 atom stereocenters. The number of aromatic hydroxyl groups is 2. The van der Waals surface area contributed by atoms with Crippen molar-refractivity contribution < 1.29 is 10.2 Å². The molecule has 1 aromatic carbocycles. The van der Waals surface area contributed by atoms with Gasteiger partial charge in [-0.2, -0.15) is 0 Å². The molecule has 0 aliphatic carbocycles. The summed E-state index contributed by atoms with van der Waals surface area (Å²) in [5, 5.41) is 18.9. The Balaban J connectivity index is 2.65. The summed E-state index contributed by atoms with van der Waals surface area (Å²) >= 11 is 0. The molecule has 0 bridgehead atoms. The van der Waals surface area contributed by atoms with E-state index in [2.05, 4.69) is 0 Å². The number of nitrogens with two attached hydrogens (primary N) is 2. The van der Waals surface area contributed by atoms with Crippen LogP contribution in [-0.4, -0.2) is 16.8 Å². The van der Waals surface area contributed by atoms with Crippen LogP contribution in [-0.2, 0) is 0 Å². The average Bonchev–Trinajstić information content (AvgIpc) is 2.22. The summed E-state index contributed by atoms with van der Waals surface area (Å²) in [4.78, 5) is 0. The Morgan fingerprint density at radius 1 is 1.20 bits per heavy atom. The smallest absolute Gasteiger partial charge is 0.162 e. The van der Waals surface area contributed by atoms with E-state index in [1.165, 1.54) is 6.07 Å². The normalized spacial score (nSPS) is 12.7. The van der Waals surface area contributed by atoms with E-state index in [0.717, 1.165) is 19.3 Å². The van der Waals surface area contributed by atoms with Gasteiger partial charge in [-0.1, -0.05) is 18.6 Å². The highest BCUT2D eigenvalue weighted by molar-refractivity contribution is 5.45. The van der Waals surface area contributed by atoms with Gasteiger partial charge >= 0.3 is 0 Å². The van der Waals surface area contributed by atoms with Crippen molar-refractivity contribution in [3.05, 3.63) is 23.8 Å². The molecule has 0 unspecified atom stereocenters. The van der Waals surface area contributed by atoms with E-state index in [1.54, 1.807) is 12.1 Å².